The highest BCUT2D eigenvalue weighted by Crippen LogP contribution is 2.31. The van der Waals surface area contributed by atoms with E-state index < -0.39 is 0 Å². The van der Waals surface area contributed by atoms with Crippen molar-refractivity contribution in [3.8, 4) is 11.3 Å². The molecule has 4 rings (SSSR count). The molecule has 0 aromatic carbocycles. The van der Waals surface area contributed by atoms with Crippen LogP contribution in [0, 0.1) is 0 Å². The number of aliphatic imine (C=N–C) groups is 2. The van der Waals surface area contributed by atoms with Crippen LogP contribution in [-0.4, -0.2) is 22.4 Å². The number of rotatable bonds is 5. The van der Waals surface area contributed by atoms with Crippen molar-refractivity contribution in [3.63, 3.8) is 0 Å². The number of nitrogens with zero attached hydrogens (tertiary/aromatic N) is 3. The first-order valence-corrected chi connectivity index (χ1v) is 9.96. The maximum absolute atomic E-state index is 4.54. The summed E-state index contributed by atoms with van der Waals surface area (Å²) in [6.07, 6.45) is 3.63. The third-order valence-corrected chi connectivity index (χ3v) is 5.33. The van der Waals surface area contributed by atoms with Crippen LogP contribution in [0.5, 0.6) is 0 Å². The quantitative estimate of drug-likeness (QED) is 0.447. The lowest BCUT2D eigenvalue weighted by atomic mass is 10.2. The monoisotopic (exact) mass is 368 g/mol. The van der Waals surface area contributed by atoms with Gasteiger partial charge in [-0.2, -0.15) is 39.0 Å². The number of thiophene rings is 3. The highest BCUT2D eigenvalue weighted by atomic mass is 32.1. The number of nitrogens with one attached hydrogen (secondary N) is 1. The van der Waals surface area contributed by atoms with Gasteiger partial charge in [-0.25, -0.2) is 9.98 Å². The van der Waals surface area contributed by atoms with Gasteiger partial charge < -0.3 is 4.98 Å². The maximum Gasteiger partial charge on any atom is 0.229 e. The number of hydrogen-bond acceptors (Lipinski definition) is 6. The molecule has 0 aliphatic heterocycles. The van der Waals surface area contributed by atoms with Gasteiger partial charge in [0.15, 0.2) is 5.82 Å². The molecule has 4 aromatic heterocycles. The summed E-state index contributed by atoms with van der Waals surface area (Å²) in [5.74, 6) is 1.21. The van der Waals surface area contributed by atoms with Crippen molar-refractivity contribution in [1.29, 1.82) is 0 Å². The first kappa shape index (κ1) is 15.2. The van der Waals surface area contributed by atoms with Crippen LogP contribution in [0.4, 0.5) is 11.8 Å². The zero-order valence-corrected chi connectivity index (χ0v) is 14.9. The standard InChI is InChI=1S/C17H12N4S3/c1-4-22-9-12(1)7-18-16-15(14-3-6-24-11-14)20-17(21-16)19-8-13-2-5-23-10-13/h1-11H,(H,20,21)/b18-7+,19-8+. The molecule has 0 atom stereocenters. The van der Waals surface area contributed by atoms with Crippen LogP contribution in [0.3, 0.4) is 0 Å². The molecule has 4 heterocycles. The Kier molecular flexibility index (Phi) is 4.46. The predicted octanol–water partition coefficient (Wildman–Crippen LogP) is 5.76. The molecular weight excluding hydrogens is 356 g/mol. The fraction of sp³-hybridized carbons (Fsp3) is 0. The zero-order chi connectivity index (χ0) is 16.2. The molecule has 0 aliphatic carbocycles. The summed E-state index contributed by atoms with van der Waals surface area (Å²) >= 11 is 4.94. The van der Waals surface area contributed by atoms with Crippen molar-refractivity contribution in [2.24, 2.45) is 9.98 Å². The largest absolute Gasteiger partial charge is 0.320 e. The third kappa shape index (κ3) is 3.43. The van der Waals surface area contributed by atoms with E-state index >= 15 is 0 Å². The molecule has 24 heavy (non-hydrogen) atoms. The van der Waals surface area contributed by atoms with Gasteiger partial charge in [0.25, 0.3) is 0 Å². The van der Waals surface area contributed by atoms with E-state index in [1.165, 1.54) is 0 Å². The number of aromatic amines is 1. The van der Waals surface area contributed by atoms with Gasteiger partial charge in [-0.05, 0) is 45.1 Å². The van der Waals surface area contributed by atoms with E-state index in [9.17, 15) is 0 Å². The Bertz CT molecular complexity index is 946. The molecule has 0 bridgehead atoms. The van der Waals surface area contributed by atoms with Crippen LogP contribution in [-0.2, 0) is 0 Å². The topological polar surface area (TPSA) is 53.4 Å². The van der Waals surface area contributed by atoms with Crippen LogP contribution in [0.15, 0.2) is 60.5 Å². The summed E-state index contributed by atoms with van der Waals surface area (Å²) in [4.78, 5) is 16.8. The van der Waals surface area contributed by atoms with Gasteiger partial charge >= 0.3 is 0 Å². The molecule has 0 unspecified atom stereocenters. The second-order valence-corrected chi connectivity index (χ2v) is 7.24. The Morgan fingerprint density at radius 2 is 1.50 bits per heavy atom. The van der Waals surface area contributed by atoms with Gasteiger partial charge in [0, 0.05) is 34.5 Å². The van der Waals surface area contributed by atoms with Crippen molar-refractivity contribution < 1.29 is 0 Å². The van der Waals surface area contributed by atoms with Gasteiger partial charge in [-0.3, -0.25) is 0 Å². The average Bonchev–Trinajstić information content (AvgIpc) is 3.40. The van der Waals surface area contributed by atoms with Gasteiger partial charge in [0.05, 0.1) is 5.69 Å². The Morgan fingerprint density at radius 3 is 2.12 bits per heavy atom. The molecule has 4 aromatic rings. The van der Waals surface area contributed by atoms with E-state index in [0.717, 1.165) is 22.4 Å². The van der Waals surface area contributed by atoms with Gasteiger partial charge in [0.2, 0.25) is 5.95 Å². The number of H-pyrrole nitrogens is 1. The molecule has 0 saturated carbocycles. The van der Waals surface area contributed by atoms with Crippen molar-refractivity contribution in [2.75, 3.05) is 0 Å². The Morgan fingerprint density at radius 1 is 0.833 bits per heavy atom. The fourth-order valence-electron chi connectivity index (χ4n) is 2.08. The maximum atomic E-state index is 4.54. The van der Waals surface area contributed by atoms with E-state index in [4.69, 9.17) is 0 Å². The smallest absolute Gasteiger partial charge is 0.229 e. The highest BCUT2D eigenvalue weighted by molar-refractivity contribution is 7.08. The van der Waals surface area contributed by atoms with E-state index in [1.54, 1.807) is 40.2 Å². The fourth-order valence-corrected chi connectivity index (χ4v) is 3.95. The lowest BCUT2D eigenvalue weighted by Gasteiger charge is -1.93. The summed E-state index contributed by atoms with van der Waals surface area (Å²) in [7, 11) is 0. The predicted molar refractivity (Wildman–Crippen MR) is 105 cm³/mol. The van der Waals surface area contributed by atoms with E-state index in [-0.39, 0.29) is 0 Å². The Labute approximate surface area is 150 Å². The number of aromatic nitrogens is 2. The molecule has 0 aliphatic rings. The van der Waals surface area contributed by atoms with E-state index in [0.29, 0.717) is 11.8 Å². The van der Waals surface area contributed by atoms with Gasteiger partial charge in [0.1, 0.15) is 0 Å². The molecule has 0 amide bonds. The molecule has 0 saturated heterocycles. The van der Waals surface area contributed by atoms with Crippen molar-refractivity contribution in [2.45, 2.75) is 0 Å². The summed E-state index contributed by atoms with van der Waals surface area (Å²) in [6.45, 7) is 0. The first-order chi connectivity index (χ1) is 11.9. The van der Waals surface area contributed by atoms with Crippen LogP contribution in [0.25, 0.3) is 11.3 Å². The third-order valence-electron chi connectivity index (χ3n) is 3.24. The Balaban J connectivity index is 1.68. The van der Waals surface area contributed by atoms with Crippen molar-refractivity contribution >= 4 is 58.2 Å². The summed E-state index contributed by atoms with van der Waals surface area (Å²) in [5, 5.41) is 12.3. The molecule has 7 heteroatoms. The van der Waals surface area contributed by atoms with E-state index in [2.05, 4.69) is 30.7 Å². The number of hydrogen-bond donors (Lipinski definition) is 1. The van der Waals surface area contributed by atoms with Crippen LogP contribution in [0.1, 0.15) is 11.1 Å². The molecule has 0 spiro atoms. The molecule has 1 N–H and O–H groups in total. The summed E-state index contributed by atoms with van der Waals surface area (Å²) < 4.78 is 0. The number of imidazole rings is 1. The zero-order valence-electron chi connectivity index (χ0n) is 12.4. The lowest BCUT2D eigenvalue weighted by Crippen LogP contribution is -1.77. The average molecular weight is 369 g/mol. The second-order valence-electron chi connectivity index (χ2n) is 4.90. The van der Waals surface area contributed by atoms with Crippen LogP contribution >= 0.6 is 34.0 Å². The Hall–Kier alpha value is -2.35. The molecule has 0 fully saturated rings. The minimum Gasteiger partial charge on any atom is -0.320 e. The van der Waals surface area contributed by atoms with Crippen molar-refractivity contribution in [1.82, 2.24) is 9.97 Å². The molecular formula is C17H12N4S3. The normalized spacial score (nSPS) is 11.8. The molecule has 4 nitrogen and oxygen atoms in total. The summed E-state index contributed by atoms with van der Waals surface area (Å²) in [5.41, 5.74) is 4.10. The highest BCUT2D eigenvalue weighted by Gasteiger charge is 2.11. The minimum absolute atomic E-state index is 0.555. The first-order valence-electron chi connectivity index (χ1n) is 7.13. The van der Waals surface area contributed by atoms with Gasteiger partial charge in [-0.15, -0.1) is 0 Å². The second kappa shape index (κ2) is 7.04. The van der Waals surface area contributed by atoms with Crippen molar-refractivity contribution in [3.05, 3.63) is 61.6 Å². The van der Waals surface area contributed by atoms with Crippen LogP contribution < -0.4 is 0 Å². The van der Waals surface area contributed by atoms with Gasteiger partial charge in [-0.1, -0.05) is 0 Å². The SMILES string of the molecule is C(=N\c1nc(/N=C/c2ccsc2)c(-c2ccsc2)[nH]1)/c1ccsc1. The van der Waals surface area contributed by atoms with E-state index in [1.807, 2.05) is 45.9 Å². The summed E-state index contributed by atoms with van der Waals surface area (Å²) in [6, 6.07) is 6.10. The molecule has 118 valence electrons. The minimum atomic E-state index is 0.555. The lowest BCUT2D eigenvalue weighted by molar-refractivity contribution is 1.24. The van der Waals surface area contributed by atoms with Crippen LogP contribution in [0.2, 0.25) is 0 Å². The molecule has 0 radical (unpaired) electrons.